The van der Waals surface area contributed by atoms with E-state index in [4.69, 9.17) is 0 Å². The van der Waals surface area contributed by atoms with Gasteiger partial charge in [0.15, 0.2) is 0 Å². The number of aryl methyl sites for hydroxylation is 1. The van der Waals surface area contributed by atoms with E-state index in [1.807, 2.05) is 24.8 Å². The number of hydrogen-bond donors (Lipinski definition) is 0. The van der Waals surface area contributed by atoms with Crippen LogP contribution in [-0.4, -0.2) is 51.4 Å². The molecule has 0 radical (unpaired) electrons. The number of likely N-dealkylation sites (N-methyl/N-ethyl adjacent to an activating group) is 1. The van der Waals surface area contributed by atoms with Gasteiger partial charge in [-0.25, -0.2) is 9.97 Å². The van der Waals surface area contributed by atoms with Crippen LogP contribution in [0.3, 0.4) is 0 Å². The van der Waals surface area contributed by atoms with Crippen molar-refractivity contribution in [1.29, 1.82) is 0 Å². The average molecular weight is 338 g/mol. The summed E-state index contributed by atoms with van der Waals surface area (Å²) in [6, 6.07) is 12.9. The molecule has 0 unspecified atom stereocenters. The molecule has 2 aromatic rings. The number of carbonyl (C=O) groups is 1. The van der Waals surface area contributed by atoms with E-state index in [0.29, 0.717) is 24.1 Å². The zero-order chi connectivity index (χ0) is 17.8. The molecule has 1 aliphatic heterocycles. The molecular formula is C20H26N4O. The lowest BCUT2D eigenvalue weighted by Gasteiger charge is -2.29. The van der Waals surface area contributed by atoms with Gasteiger partial charge in [0.2, 0.25) is 0 Å². The molecule has 0 bridgehead atoms. The van der Waals surface area contributed by atoms with Gasteiger partial charge in [-0.1, -0.05) is 30.3 Å². The van der Waals surface area contributed by atoms with Crippen molar-refractivity contribution in [3.63, 3.8) is 0 Å². The van der Waals surface area contributed by atoms with Crippen LogP contribution in [0.5, 0.6) is 0 Å². The Bertz CT molecular complexity index is 719. The molecule has 0 N–H and O–H groups in total. The van der Waals surface area contributed by atoms with E-state index in [9.17, 15) is 4.79 Å². The van der Waals surface area contributed by atoms with Crippen LogP contribution in [0.4, 0.5) is 0 Å². The maximum atomic E-state index is 12.9. The maximum absolute atomic E-state index is 12.9. The summed E-state index contributed by atoms with van der Waals surface area (Å²) in [5, 5.41) is 0. The fraction of sp³-hybridized carbons (Fsp3) is 0.450. The van der Waals surface area contributed by atoms with Crippen LogP contribution in [0.25, 0.3) is 0 Å². The smallest absolute Gasteiger partial charge is 0.272 e. The number of rotatable bonds is 5. The Morgan fingerprint density at radius 2 is 2.08 bits per heavy atom. The number of aromatic nitrogens is 2. The van der Waals surface area contributed by atoms with Crippen molar-refractivity contribution in [2.24, 2.45) is 0 Å². The normalized spacial score (nSPS) is 18.9. The molecule has 132 valence electrons. The van der Waals surface area contributed by atoms with E-state index in [0.717, 1.165) is 19.5 Å². The Morgan fingerprint density at radius 3 is 2.76 bits per heavy atom. The van der Waals surface area contributed by atoms with Crippen LogP contribution in [0.15, 0.2) is 42.6 Å². The highest BCUT2D eigenvalue weighted by atomic mass is 16.2. The molecule has 1 aliphatic rings. The molecule has 0 saturated carbocycles. The van der Waals surface area contributed by atoms with Gasteiger partial charge in [0.1, 0.15) is 11.5 Å². The number of nitrogens with zero attached hydrogens (tertiary/aromatic N) is 4. The lowest BCUT2D eigenvalue weighted by molar-refractivity contribution is 0.0683. The molecule has 3 rings (SSSR count). The number of carbonyl (C=O) groups excluding carboxylic acids is 1. The van der Waals surface area contributed by atoms with Gasteiger partial charge in [-0.05, 0) is 38.8 Å². The zero-order valence-corrected chi connectivity index (χ0v) is 15.2. The third-order valence-corrected chi connectivity index (χ3v) is 5.06. The van der Waals surface area contributed by atoms with E-state index < -0.39 is 0 Å². The average Bonchev–Trinajstić information content (AvgIpc) is 3.12. The van der Waals surface area contributed by atoms with Crippen molar-refractivity contribution in [3.8, 4) is 0 Å². The monoisotopic (exact) mass is 338 g/mol. The van der Waals surface area contributed by atoms with Crippen LogP contribution >= 0.6 is 0 Å². The van der Waals surface area contributed by atoms with Crippen molar-refractivity contribution in [2.75, 3.05) is 19.6 Å². The fourth-order valence-corrected chi connectivity index (χ4v) is 3.61. The molecule has 0 aliphatic carbocycles. The second-order valence-electron chi connectivity index (χ2n) is 6.60. The third kappa shape index (κ3) is 3.87. The number of hydrogen-bond acceptors (Lipinski definition) is 4. The molecule has 25 heavy (non-hydrogen) atoms. The van der Waals surface area contributed by atoms with E-state index in [-0.39, 0.29) is 11.9 Å². The van der Waals surface area contributed by atoms with Gasteiger partial charge in [0.25, 0.3) is 5.91 Å². The van der Waals surface area contributed by atoms with Crippen LogP contribution in [0.1, 0.15) is 48.2 Å². The largest absolute Gasteiger partial charge is 0.333 e. The van der Waals surface area contributed by atoms with Crippen molar-refractivity contribution in [1.82, 2.24) is 19.8 Å². The highest BCUT2D eigenvalue weighted by Crippen LogP contribution is 2.27. The second kappa shape index (κ2) is 7.74. The highest BCUT2D eigenvalue weighted by molar-refractivity contribution is 5.92. The predicted molar refractivity (Wildman–Crippen MR) is 98.3 cm³/mol. The van der Waals surface area contributed by atoms with Gasteiger partial charge in [0, 0.05) is 37.9 Å². The minimum atomic E-state index is 0.00668. The first-order valence-electron chi connectivity index (χ1n) is 8.99. The maximum Gasteiger partial charge on any atom is 0.272 e. The van der Waals surface area contributed by atoms with E-state index in [1.54, 1.807) is 12.3 Å². The van der Waals surface area contributed by atoms with E-state index in [1.165, 1.54) is 5.56 Å². The van der Waals surface area contributed by atoms with Gasteiger partial charge >= 0.3 is 0 Å². The SMILES string of the molecule is CCN(C(=O)c1ccnc(C)n1)[C@H]1CCN([C@@H](C)c2ccccc2)C1. The molecule has 0 spiro atoms. The molecule has 2 heterocycles. The topological polar surface area (TPSA) is 49.3 Å². The van der Waals surface area contributed by atoms with Crippen molar-refractivity contribution in [2.45, 2.75) is 39.3 Å². The number of amides is 1. The zero-order valence-electron chi connectivity index (χ0n) is 15.2. The van der Waals surface area contributed by atoms with E-state index >= 15 is 0 Å². The van der Waals surface area contributed by atoms with Gasteiger partial charge in [-0.15, -0.1) is 0 Å². The second-order valence-corrected chi connectivity index (χ2v) is 6.60. The Hall–Kier alpha value is -2.27. The Labute approximate surface area is 149 Å². The number of likely N-dealkylation sites (tertiary alicyclic amines) is 1. The van der Waals surface area contributed by atoms with E-state index in [2.05, 4.69) is 46.1 Å². The standard InChI is InChI=1S/C20H26N4O/c1-4-24(20(25)19-10-12-21-16(3)22-19)18-11-13-23(14-18)15(2)17-8-6-5-7-9-17/h5-10,12,15,18H,4,11,13-14H2,1-3H3/t15-,18-/m0/s1. The third-order valence-electron chi connectivity index (χ3n) is 5.06. The molecule has 1 aromatic carbocycles. The molecule has 1 amide bonds. The Kier molecular flexibility index (Phi) is 5.43. The molecule has 1 aromatic heterocycles. The highest BCUT2D eigenvalue weighted by Gasteiger charge is 2.33. The lowest BCUT2D eigenvalue weighted by atomic mass is 10.1. The first-order valence-corrected chi connectivity index (χ1v) is 8.99. The first kappa shape index (κ1) is 17.5. The number of benzene rings is 1. The van der Waals surface area contributed by atoms with Crippen molar-refractivity contribution < 1.29 is 4.79 Å². The Balaban J connectivity index is 1.70. The molecule has 2 atom stereocenters. The van der Waals surface area contributed by atoms with Crippen LogP contribution in [0.2, 0.25) is 0 Å². The van der Waals surface area contributed by atoms with Gasteiger partial charge in [-0.3, -0.25) is 9.69 Å². The van der Waals surface area contributed by atoms with Gasteiger partial charge in [-0.2, -0.15) is 0 Å². The summed E-state index contributed by atoms with van der Waals surface area (Å²) >= 11 is 0. The summed E-state index contributed by atoms with van der Waals surface area (Å²) in [7, 11) is 0. The quantitative estimate of drug-likeness (QED) is 0.841. The minimum Gasteiger partial charge on any atom is -0.333 e. The van der Waals surface area contributed by atoms with Crippen LogP contribution in [0, 0.1) is 6.92 Å². The summed E-state index contributed by atoms with van der Waals surface area (Å²) in [5.41, 5.74) is 1.81. The first-order chi connectivity index (χ1) is 12.1. The molecule has 5 nitrogen and oxygen atoms in total. The Morgan fingerprint density at radius 1 is 1.32 bits per heavy atom. The molecule has 5 heteroatoms. The van der Waals surface area contributed by atoms with Gasteiger partial charge < -0.3 is 4.90 Å². The molecule has 1 saturated heterocycles. The summed E-state index contributed by atoms with van der Waals surface area (Å²) in [5.74, 6) is 0.639. The summed E-state index contributed by atoms with van der Waals surface area (Å²) < 4.78 is 0. The van der Waals surface area contributed by atoms with Gasteiger partial charge in [0.05, 0.1) is 0 Å². The summed E-state index contributed by atoms with van der Waals surface area (Å²) in [4.78, 5) is 25.7. The molecular weight excluding hydrogens is 312 g/mol. The van der Waals surface area contributed by atoms with Crippen LogP contribution < -0.4 is 0 Å². The fourth-order valence-electron chi connectivity index (χ4n) is 3.61. The summed E-state index contributed by atoms with van der Waals surface area (Å²) in [6.07, 6.45) is 2.66. The molecule has 1 fully saturated rings. The lowest BCUT2D eigenvalue weighted by Crippen LogP contribution is -2.42. The van der Waals surface area contributed by atoms with Crippen LogP contribution in [-0.2, 0) is 0 Å². The van der Waals surface area contributed by atoms with Crippen molar-refractivity contribution in [3.05, 3.63) is 59.7 Å². The van der Waals surface area contributed by atoms with Crippen molar-refractivity contribution >= 4 is 5.91 Å². The predicted octanol–water partition coefficient (Wildman–Crippen LogP) is 3.08. The minimum absolute atomic E-state index is 0.00668. The summed E-state index contributed by atoms with van der Waals surface area (Å²) in [6.45, 7) is 8.69.